The molecule has 0 radical (unpaired) electrons. The second-order valence-electron chi connectivity index (χ2n) is 18.6. The molecule has 6 amide bonds. The van der Waals surface area contributed by atoms with Crippen LogP contribution >= 0.6 is 11.8 Å². The third-order valence-electron chi connectivity index (χ3n) is 10.8. The number of unbranched alkanes of at least 4 members (excludes halogenated alkanes) is 2. The van der Waals surface area contributed by atoms with Gasteiger partial charge in [-0.3, -0.25) is 33.7 Å². The quantitative estimate of drug-likeness (QED) is 0.0454. The lowest BCUT2D eigenvalue weighted by Crippen LogP contribution is -2.50. The molecule has 0 bridgehead atoms. The Morgan fingerprint density at radius 2 is 1.55 bits per heavy atom. The van der Waals surface area contributed by atoms with Crippen molar-refractivity contribution >= 4 is 55.3 Å². The predicted molar refractivity (Wildman–Crippen MR) is 252 cm³/mol. The molecule has 2 heterocycles. The summed E-state index contributed by atoms with van der Waals surface area (Å²) in [6.45, 7) is 16.1. The SMILES string of the molecule is CCCN(C(=O)CSC[C@H](NC(=O)CC[Si](C)(C)C)C(=O)NCCNC(=O)CCCCCN1C(=O)C=CC1=O)[C@@H](c1cc(-c2cc(F)ccc2F)cn1Cc1ccccc1)C(C)(C)C. The summed E-state index contributed by atoms with van der Waals surface area (Å²) < 4.78 is 31.7. The van der Waals surface area contributed by atoms with Crippen molar-refractivity contribution in [2.45, 2.75) is 111 Å². The van der Waals surface area contributed by atoms with Crippen LogP contribution in [0.25, 0.3) is 11.1 Å². The number of halogens is 2. The smallest absolute Gasteiger partial charge is 0.253 e. The average molecular weight is 921 g/mol. The Morgan fingerprint density at radius 1 is 0.859 bits per heavy atom. The molecule has 0 saturated carbocycles. The van der Waals surface area contributed by atoms with E-state index in [4.69, 9.17) is 0 Å². The van der Waals surface area contributed by atoms with Gasteiger partial charge in [0.25, 0.3) is 11.8 Å². The van der Waals surface area contributed by atoms with Crippen LogP contribution in [0.2, 0.25) is 25.7 Å². The fourth-order valence-electron chi connectivity index (χ4n) is 7.52. The maximum Gasteiger partial charge on any atom is 0.253 e. The van der Waals surface area contributed by atoms with Gasteiger partial charge in [0, 0.05) is 94.6 Å². The summed E-state index contributed by atoms with van der Waals surface area (Å²) in [5, 5.41) is 8.51. The van der Waals surface area contributed by atoms with E-state index in [1.54, 1.807) is 0 Å². The van der Waals surface area contributed by atoms with Crippen LogP contribution < -0.4 is 16.0 Å². The van der Waals surface area contributed by atoms with Crippen LogP contribution in [0.1, 0.15) is 83.5 Å². The van der Waals surface area contributed by atoms with E-state index in [-0.39, 0.29) is 72.5 Å². The fraction of sp³-hybridized carbons (Fsp3) is 0.500. The normalized spacial score (nSPS) is 13.8. The van der Waals surface area contributed by atoms with E-state index in [2.05, 4.69) is 35.6 Å². The molecule has 348 valence electrons. The molecule has 3 aromatic rings. The fourth-order valence-corrected chi connectivity index (χ4v) is 9.42. The molecule has 1 aromatic heterocycles. The number of carbonyl (C=O) groups is 6. The molecule has 16 heteroatoms. The number of imide groups is 1. The molecule has 2 aromatic carbocycles. The van der Waals surface area contributed by atoms with Gasteiger partial charge in [-0.15, -0.1) is 11.8 Å². The minimum absolute atomic E-state index is 0.0174. The van der Waals surface area contributed by atoms with Gasteiger partial charge in [0.15, 0.2) is 0 Å². The highest BCUT2D eigenvalue weighted by atomic mass is 32.2. The van der Waals surface area contributed by atoms with E-state index in [0.29, 0.717) is 50.9 Å². The van der Waals surface area contributed by atoms with Crippen LogP contribution in [-0.4, -0.2) is 102 Å². The topological polar surface area (TPSA) is 150 Å². The lowest BCUT2D eigenvalue weighted by Gasteiger charge is -2.41. The number of aromatic nitrogens is 1. The van der Waals surface area contributed by atoms with E-state index in [1.807, 2.05) is 79.8 Å². The number of hydrogen-bond donors (Lipinski definition) is 3. The lowest BCUT2D eigenvalue weighted by molar-refractivity contribution is -0.137. The summed E-state index contributed by atoms with van der Waals surface area (Å²) in [5.41, 5.74) is 1.89. The van der Waals surface area contributed by atoms with Crippen molar-refractivity contribution in [3.63, 3.8) is 0 Å². The second-order valence-corrected chi connectivity index (χ2v) is 25.2. The van der Waals surface area contributed by atoms with Gasteiger partial charge < -0.3 is 25.4 Å². The Morgan fingerprint density at radius 3 is 2.20 bits per heavy atom. The molecule has 64 heavy (non-hydrogen) atoms. The Kier molecular flexibility index (Phi) is 19.5. The van der Waals surface area contributed by atoms with E-state index < -0.39 is 43.1 Å². The molecule has 0 fully saturated rings. The molecule has 0 aliphatic carbocycles. The Balaban J connectivity index is 1.43. The molecule has 4 rings (SSSR count). The van der Waals surface area contributed by atoms with Gasteiger partial charge >= 0.3 is 0 Å². The molecular weight excluding hydrogens is 855 g/mol. The zero-order valence-electron chi connectivity index (χ0n) is 38.4. The zero-order valence-corrected chi connectivity index (χ0v) is 40.3. The van der Waals surface area contributed by atoms with Crippen LogP contribution in [0.5, 0.6) is 0 Å². The van der Waals surface area contributed by atoms with Crippen molar-refractivity contribution in [3.05, 3.63) is 95.8 Å². The first-order chi connectivity index (χ1) is 30.3. The third-order valence-corrected chi connectivity index (χ3v) is 13.5. The summed E-state index contributed by atoms with van der Waals surface area (Å²) in [6, 6.07) is 14.4. The minimum Gasteiger partial charge on any atom is -0.354 e. The highest BCUT2D eigenvalue weighted by Crippen LogP contribution is 2.41. The number of benzene rings is 2. The largest absolute Gasteiger partial charge is 0.354 e. The summed E-state index contributed by atoms with van der Waals surface area (Å²) in [7, 11) is -1.55. The van der Waals surface area contributed by atoms with E-state index >= 15 is 4.39 Å². The molecule has 12 nitrogen and oxygen atoms in total. The number of hydrogen-bond acceptors (Lipinski definition) is 7. The van der Waals surface area contributed by atoms with Gasteiger partial charge in [-0.05, 0) is 60.6 Å². The van der Waals surface area contributed by atoms with Crippen molar-refractivity contribution in [2.75, 3.05) is 37.7 Å². The summed E-state index contributed by atoms with van der Waals surface area (Å²) in [5.74, 6) is -2.65. The van der Waals surface area contributed by atoms with Gasteiger partial charge in [-0.2, -0.15) is 0 Å². The van der Waals surface area contributed by atoms with Gasteiger partial charge in [-0.25, -0.2) is 8.78 Å². The van der Waals surface area contributed by atoms with Crippen molar-refractivity contribution in [3.8, 4) is 11.1 Å². The van der Waals surface area contributed by atoms with E-state index in [0.717, 1.165) is 29.4 Å². The molecule has 2 atom stereocenters. The van der Waals surface area contributed by atoms with Crippen LogP contribution in [0.15, 0.2) is 72.9 Å². The third kappa shape index (κ3) is 16.2. The molecule has 0 saturated heterocycles. The highest BCUT2D eigenvalue weighted by molar-refractivity contribution is 8.00. The molecule has 3 N–H and O–H groups in total. The number of nitrogens with zero attached hydrogens (tertiary/aromatic N) is 3. The van der Waals surface area contributed by atoms with Crippen molar-refractivity contribution in [2.24, 2.45) is 5.41 Å². The summed E-state index contributed by atoms with van der Waals surface area (Å²) in [4.78, 5) is 80.0. The van der Waals surface area contributed by atoms with Crippen molar-refractivity contribution in [1.82, 2.24) is 30.3 Å². The van der Waals surface area contributed by atoms with Crippen LogP contribution in [0, 0.1) is 17.0 Å². The lowest BCUT2D eigenvalue weighted by atomic mass is 9.83. The van der Waals surface area contributed by atoms with Gasteiger partial charge in [0.2, 0.25) is 23.6 Å². The van der Waals surface area contributed by atoms with E-state index in [9.17, 15) is 33.2 Å². The number of rotatable bonds is 25. The Labute approximate surface area is 382 Å². The Bertz CT molecular complexity index is 2100. The molecule has 1 aliphatic rings. The molecule has 0 spiro atoms. The molecule has 1 aliphatic heterocycles. The van der Waals surface area contributed by atoms with Crippen molar-refractivity contribution in [1.29, 1.82) is 0 Å². The van der Waals surface area contributed by atoms with Crippen LogP contribution in [0.3, 0.4) is 0 Å². The van der Waals surface area contributed by atoms with Crippen molar-refractivity contribution < 1.29 is 37.5 Å². The summed E-state index contributed by atoms with van der Waals surface area (Å²) in [6.07, 6.45) is 7.33. The van der Waals surface area contributed by atoms with Crippen LogP contribution in [-0.2, 0) is 35.3 Å². The monoisotopic (exact) mass is 920 g/mol. The Hall–Kier alpha value is -5.09. The van der Waals surface area contributed by atoms with Gasteiger partial charge in [0.1, 0.15) is 17.7 Å². The second kappa shape index (κ2) is 24.3. The minimum atomic E-state index is -1.55. The zero-order chi connectivity index (χ0) is 47.0. The van der Waals surface area contributed by atoms with E-state index in [1.165, 1.54) is 34.9 Å². The maximum absolute atomic E-state index is 15.2. The van der Waals surface area contributed by atoms with Gasteiger partial charge in [0.05, 0.1) is 11.8 Å². The molecular formula is C48H66F2N6O6SSi. The number of thioether (sulfide) groups is 1. The maximum atomic E-state index is 15.2. The number of nitrogens with one attached hydrogen (secondary N) is 3. The number of carbonyl (C=O) groups excluding carboxylic acids is 6. The number of amides is 6. The summed E-state index contributed by atoms with van der Waals surface area (Å²) >= 11 is 1.25. The average Bonchev–Trinajstić information content (AvgIpc) is 3.78. The highest BCUT2D eigenvalue weighted by Gasteiger charge is 2.37. The first-order valence-corrected chi connectivity index (χ1v) is 27.1. The van der Waals surface area contributed by atoms with Gasteiger partial charge in [-0.1, -0.05) is 84.1 Å². The first-order valence-electron chi connectivity index (χ1n) is 22.2. The first kappa shape index (κ1) is 51.5. The standard InChI is InChI=1S/C48H66F2N6O6SSi/c1-8-25-56(46(48(2,3)4)40-28-35(37-29-36(49)18-19-38(37)50)31-54(40)30-34-15-11-9-12-16-34)45(61)33-63-32-39(53-42(58)22-27-64(5,6)7)47(62)52-24-23-51-41(57)17-13-10-14-26-55-43(59)20-21-44(55)60/h9,11-12,15-16,18-21,28-29,31,39,46H,8,10,13-14,17,22-27,30,32-33H2,1-7H3,(H,51,57)(H,52,62)(H,53,58)/t39-,46-/m0/s1. The molecule has 0 unspecified atom stereocenters. The predicted octanol–water partition coefficient (Wildman–Crippen LogP) is 7.47. The van der Waals surface area contributed by atoms with Crippen LogP contribution in [0.4, 0.5) is 8.78 Å².